The van der Waals surface area contributed by atoms with E-state index < -0.39 is 0 Å². The highest BCUT2D eigenvalue weighted by Crippen LogP contribution is 2.11. The highest BCUT2D eigenvalue weighted by molar-refractivity contribution is 6.02. The average molecular weight is 272 g/mol. The van der Waals surface area contributed by atoms with Crippen LogP contribution in [0.25, 0.3) is 0 Å². The zero-order chi connectivity index (χ0) is 14.4. The number of rotatable bonds is 6. The number of carbonyl (C=O) groups is 1. The summed E-state index contributed by atoms with van der Waals surface area (Å²) in [6.45, 7) is 3.93. The zero-order valence-corrected chi connectivity index (χ0v) is 11.9. The van der Waals surface area contributed by atoms with Gasteiger partial charge in [0.1, 0.15) is 5.69 Å². The van der Waals surface area contributed by atoms with Crippen molar-refractivity contribution in [1.29, 1.82) is 0 Å². The number of aryl methyl sites for hydroxylation is 1. The molecule has 1 heterocycles. The van der Waals surface area contributed by atoms with Gasteiger partial charge in [-0.2, -0.15) is 0 Å². The molecule has 106 valence electrons. The van der Waals surface area contributed by atoms with Crippen LogP contribution in [0.3, 0.4) is 0 Å². The van der Waals surface area contributed by atoms with Crippen molar-refractivity contribution in [2.75, 3.05) is 11.9 Å². The molecule has 1 aromatic heterocycles. The summed E-state index contributed by atoms with van der Waals surface area (Å²) in [5.41, 5.74) is 2.36. The molecular formula is C15H20N4O. The van der Waals surface area contributed by atoms with E-state index in [4.69, 9.17) is 0 Å². The molecule has 20 heavy (non-hydrogen) atoms. The van der Waals surface area contributed by atoms with Crippen molar-refractivity contribution in [3.63, 3.8) is 0 Å². The summed E-state index contributed by atoms with van der Waals surface area (Å²) < 4.78 is 1.75. The van der Waals surface area contributed by atoms with Gasteiger partial charge in [0.2, 0.25) is 0 Å². The first kappa shape index (κ1) is 14.3. The minimum absolute atomic E-state index is 0.190. The second kappa shape index (κ2) is 6.86. The quantitative estimate of drug-likeness (QED) is 0.792. The number of hydrogen-bond acceptors (Lipinski definition) is 3. The predicted octanol–water partition coefficient (Wildman–Crippen LogP) is 2.17. The maximum absolute atomic E-state index is 12.0. The van der Waals surface area contributed by atoms with Crippen LogP contribution in [-0.2, 0) is 13.6 Å². The maximum atomic E-state index is 12.0. The Morgan fingerprint density at radius 2 is 2.25 bits per heavy atom. The maximum Gasteiger partial charge on any atom is 0.275 e. The van der Waals surface area contributed by atoms with Crippen LogP contribution in [0, 0.1) is 0 Å². The summed E-state index contributed by atoms with van der Waals surface area (Å²) >= 11 is 0. The Balaban J connectivity index is 1.98. The van der Waals surface area contributed by atoms with Crippen LogP contribution in [-0.4, -0.2) is 22.0 Å². The van der Waals surface area contributed by atoms with Gasteiger partial charge < -0.3 is 15.2 Å². The molecule has 2 N–H and O–H groups in total. The van der Waals surface area contributed by atoms with Gasteiger partial charge in [0, 0.05) is 25.5 Å². The Kier molecular flexibility index (Phi) is 4.90. The molecule has 0 saturated carbocycles. The molecule has 0 unspecified atom stereocenters. The van der Waals surface area contributed by atoms with Crippen molar-refractivity contribution in [3.8, 4) is 0 Å². The van der Waals surface area contributed by atoms with Gasteiger partial charge in [0.05, 0.1) is 6.33 Å². The SMILES string of the molecule is CCCNCc1cccc(NC(=O)c2cn(C)cn2)c1. The summed E-state index contributed by atoms with van der Waals surface area (Å²) in [4.78, 5) is 16.0. The molecule has 0 atom stereocenters. The molecule has 2 rings (SSSR count). The Bertz CT molecular complexity index is 577. The highest BCUT2D eigenvalue weighted by Gasteiger charge is 2.08. The van der Waals surface area contributed by atoms with Crippen LogP contribution in [0.15, 0.2) is 36.8 Å². The number of amides is 1. The fraction of sp³-hybridized carbons (Fsp3) is 0.333. The molecule has 0 fully saturated rings. The Hall–Kier alpha value is -2.14. The van der Waals surface area contributed by atoms with Crippen LogP contribution in [0.5, 0.6) is 0 Å². The lowest BCUT2D eigenvalue weighted by Crippen LogP contribution is -2.15. The van der Waals surface area contributed by atoms with Gasteiger partial charge >= 0.3 is 0 Å². The minimum Gasteiger partial charge on any atom is -0.340 e. The largest absolute Gasteiger partial charge is 0.340 e. The molecule has 0 aliphatic heterocycles. The van der Waals surface area contributed by atoms with E-state index in [0.717, 1.165) is 30.8 Å². The predicted molar refractivity (Wildman–Crippen MR) is 79.6 cm³/mol. The summed E-state index contributed by atoms with van der Waals surface area (Å²) in [6, 6.07) is 7.84. The summed E-state index contributed by atoms with van der Waals surface area (Å²) in [5, 5.41) is 6.20. The van der Waals surface area contributed by atoms with Gasteiger partial charge in [-0.15, -0.1) is 0 Å². The minimum atomic E-state index is -0.190. The third kappa shape index (κ3) is 3.93. The Labute approximate surface area is 119 Å². The highest BCUT2D eigenvalue weighted by atomic mass is 16.1. The van der Waals surface area contributed by atoms with E-state index in [-0.39, 0.29) is 5.91 Å². The number of benzene rings is 1. The molecular weight excluding hydrogens is 252 g/mol. The van der Waals surface area contributed by atoms with Crippen molar-refractivity contribution >= 4 is 11.6 Å². The van der Waals surface area contributed by atoms with E-state index in [1.165, 1.54) is 0 Å². The Morgan fingerprint density at radius 1 is 1.40 bits per heavy atom. The van der Waals surface area contributed by atoms with Crippen LogP contribution in [0.1, 0.15) is 29.4 Å². The number of hydrogen-bond donors (Lipinski definition) is 2. The molecule has 0 saturated heterocycles. The fourth-order valence-electron chi connectivity index (χ4n) is 1.89. The van der Waals surface area contributed by atoms with Crippen molar-refractivity contribution in [1.82, 2.24) is 14.9 Å². The van der Waals surface area contributed by atoms with Crippen molar-refractivity contribution < 1.29 is 4.79 Å². The Morgan fingerprint density at radius 3 is 2.95 bits per heavy atom. The molecule has 5 nitrogen and oxygen atoms in total. The molecule has 5 heteroatoms. The van der Waals surface area contributed by atoms with E-state index in [0.29, 0.717) is 5.69 Å². The zero-order valence-electron chi connectivity index (χ0n) is 11.9. The average Bonchev–Trinajstić information content (AvgIpc) is 2.86. The first-order chi connectivity index (χ1) is 9.69. The number of nitrogens with zero attached hydrogens (tertiary/aromatic N) is 2. The molecule has 1 amide bonds. The van der Waals surface area contributed by atoms with Gasteiger partial charge in [-0.1, -0.05) is 19.1 Å². The van der Waals surface area contributed by atoms with E-state index in [1.807, 2.05) is 31.3 Å². The van der Waals surface area contributed by atoms with Crippen LogP contribution >= 0.6 is 0 Å². The summed E-state index contributed by atoms with van der Waals surface area (Å²) in [5.74, 6) is -0.190. The fourth-order valence-corrected chi connectivity index (χ4v) is 1.89. The van der Waals surface area contributed by atoms with Crippen molar-refractivity contribution in [2.45, 2.75) is 19.9 Å². The van der Waals surface area contributed by atoms with Crippen LogP contribution in [0.2, 0.25) is 0 Å². The number of nitrogens with one attached hydrogen (secondary N) is 2. The standard InChI is InChI=1S/C15H20N4O/c1-3-7-16-9-12-5-4-6-13(8-12)18-15(20)14-10-19(2)11-17-14/h4-6,8,10-11,16H,3,7,9H2,1-2H3,(H,18,20). The van der Waals surface area contributed by atoms with E-state index in [1.54, 1.807) is 17.1 Å². The van der Waals surface area contributed by atoms with Gasteiger partial charge in [-0.05, 0) is 30.7 Å². The van der Waals surface area contributed by atoms with E-state index in [9.17, 15) is 4.79 Å². The lowest BCUT2D eigenvalue weighted by atomic mass is 10.2. The van der Waals surface area contributed by atoms with Crippen molar-refractivity contribution in [3.05, 3.63) is 48.0 Å². The first-order valence-electron chi connectivity index (χ1n) is 6.78. The molecule has 2 aromatic rings. The number of anilines is 1. The van der Waals surface area contributed by atoms with Crippen LogP contribution in [0.4, 0.5) is 5.69 Å². The van der Waals surface area contributed by atoms with Gasteiger partial charge in [0.15, 0.2) is 0 Å². The van der Waals surface area contributed by atoms with Gasteiger partial charge in [0.25, 0.3) is 5.91 Å². The molecule has 0 aliphatic rings. The second-order valence-corrected chi connectivity index (χ2v) is 4.76. The smallest absolute Gasteiger partial charge is 0.275 e. The number of aromatic nitrogens is 2. The molecule has 0 spiro atoms. The topological polar surface area (TPSA) is 58.9 Å². The third-order valence-electron chi connectivity index (χ3n) is 2.88. The van der Waals surface area contributed by atoms with Crippen molar-refractivity contribution in [2.24, 2.45) is 7.05 Å². The summed E-state index contributed by atoms with van der Waals surface area (Å²) in [7, 11) is 1.84. The first-order valence-corrected chi connectivity index (χ1v) is 6.78. The molecule has 1 aromatic carbocycles. The molecule has 0 bridgehead atoms. The van der Waals surface area contributed by atoms with E-state index >= 15 is 0 Å². The lowest BCUT2D eigenvalue weighted by Gasteiger charge is -2.07. The van der Waals surface area contributed by atoms with E-state index in [2.05, 4.69) is 22.5 Å². The monoisotopic (exact) mass is 272 g/mol. The third-order valence-corrected chi connectivity index (χ3v) is 2.88. The number of imidazole rings is 1. The summed E-state index contributed by atoms with van der Waals surface area (Å²) in [6.07, 6.45) is 4.41. The lowest BCUT2D eigenvalue weighted by molar-refractivity contribution is 0.102. The molecule has 0 aliphatic carbocycles. The van der Waals surface area contributed by atoms with Gasteiger partial charge in [-0.3, -0.25) is 4.79 Å². The number of carbonyl (C=O) groups excluding carboxylic acids is 1. The second-order valence-electron chi connectivity index (χ2n) is 4.76. The van der Waals surface area contributed by atoms with Gasteiger partial charge in [-0.25, -0.2) is 4.98 Å². The molecule has 0 radical (unpaired) electrons. The van der Waals surface area contributed by atoms with Crippen LogP contribution < -0.4 is 10.6 Å². The normalized spacial score (nSPS) is 10.5.